The average molecular weight is 289 g/mol. The number of benzene rings is 1. The highest BCUT2D eigenvalue weighted by molar-refractivity contribution is 5.60. The molecule has 0 saturated carbocycles. The number of nitrogen functional groups attached to an aromatic ring is 1. The Morgan fingerprint density at radius 2 is 2.00 bits per heavy atom. The van der Waals surface area contributed by atoms with Crippen LogP contribution in [0.4, 0.5) is 11.4 Å². The smallest absolute Gasteiger partial charge is 0.123 e. The van der Waals surface area contributed by atoms with Gasteiger partial charge in [-0.2, -0.15) is 0 Å². The van der Waals surface area contributed by atoms with E-state index in [1.165, 1.54) is 24.9 Å². The lowest BCUT2D eigenvalue weighted by Crippen LogP contribution is -2.36. The predicted octanol–water partition coefficient (Wildman–Crippen LogP) is 2.73. The molecule has 2 bridgehead atoms. The SMILES string of the molecule is CCCOc1cc(N)cc(N2CCC3CCC(C2)N3C)c1. The van der Waals surface area contributed by atoms with E-state index in [1.807, 2.05) is 6.07 Å². The summed E-state index contributed by atoms with van der Waals surface area (Å²) in [7, 11) is 2.28. The minimum atomic E-state index is 0.680. The third kappa shape index (κ3) is 3.10. The van der Waals surface area contributed by atoms with Gasteiger partial charge in [0.15, 0.2) is 0 Å². The molecule has 2 heterocycles. The van der Waals surface area contributed by atoms with Crippen molar-refractivity contribution in [1.82, 2.24) is 4.90 Å². The summed E-state index contributed by atoms with van der Waals surface area (Å²) >= 11 is 0. The minimum Gasteiger partial charge on any atom is -0.493 e. The van der Waals surface area contributed by atoms with Crippen LogP contribution in [0, 0.1) is 0 Å². The van der Waals surface area contributed by atoms with E-state index in [-0.39, 0.29) is 0 Å². The predicted molar refractivity (Wildman–Crippen MR) is 88.0 cm³/mol. The van der Waals surface area contributed by atoms with Crippen molar-refractivity contribution in [3.8, 4) is 5.75 Å². The maximum absolute atomic E-state index is 6.06. The van der Waals surface area contributed by atoms with Gasteiger partial charge in [0.1, 0.15) is 5.75 Å². The lowest BCUT2D eigenvalue weighted by molar-refractivity contribution is 0.254. The van der Waals surface area contributed by atoms with Gasteiger partial charge in [-0.3, -0.25) is 4.90 Å². The van der Waals surface area contributed by atoms with Crippen LogP contribution in [-0.2, 0) is 0 Å². The normalized spacial score (nSPS) is 25.9. The maximum Gasteiger partial charge on any atom is 0.123 e. The van der Waals surface area contributed by atoms with Crippen LogP contribution < -0.4 is 15.4 Å². The lowest BCUT2D eigenvalue weighted by Gasteiger charge is -2.28. The van der Waals surface area contributed by atoms with Gasteiger partial charge in [-0.1, -0.05) is 6.92 Å². The molecule has 1 aromatic carbocycles. The van der Waals surface area contributed by atoms with Crippen molar-refractivity contribution in [2.45, 2.75) is 44.7 Å². The molecular formula is C17H27N3O. The first-order valence-corrected chi connectivity index (χ1v) is 8.17. The third-order valence-corrected chi connectivity index (χ3v) is 4.90. The molecule has 2 aliphatic rings. The summed E-state index contributed by atoms with van der Waals surface area (Å²) < 4.78 is 5.76. The number of rotatable bonds is 4. The number of nitrogens with two attached hydrogens (primary N) is 1. The van der Waals surface area contributed by atoms with E-state index in [1.54, 1.807) is 0 Å². The van der Waals surface area contributed by atoms with Crippen molar-refractivity contribution in [1.29, 1.82) is 0 Å². The average Bonchev–Trinajstić information content (AvgIpc) is 2.69. The molecule has 21 heavy (non-hydrogen) atoms. The fourth-order valence-electron chi connectivity index (χ4n) is 3.63. The number of hydrogen-bond acceptors (Lipinski definition) is 4. The zero-order chi connectivity index (χ0) is 14.8. The standard InChI is InChI=1S/C17H27N3O/c1-3-8-21-17-10-13(18)9-16(11-17)20-7-6-14-4-5-15(12-20)19(14)2/h9-11,14-15H,3-8,12,18H2,1-2H3. The first-order valence-electron chi connectivity index (χ1n) is 8.17. The molecule has 4 heteroatoms. The summed E-state index contributed by atoms with van der Waals surface area (Å²) in [4.78, 5) is 5.05. The molecular weight excluding hydrogens is 262 g/mol. The molecule has 2 aliphatic heterocycles. The van der Waals surface area contributed by atoms with Crippen molar-refractivity contribution < 1.29 is 4.74 Å². The summed E-state index contributed by atoms with van der Waals surface area (Å²) in [5.41, 5.74) is 8.07. The maximum atomic E-state index is 6.06. The molecule has 2 unspecified atom stereocenters. The van der Waals surface area contributed by atoms with Crippen LogP contribution >= 0.6 is 0 Å². The van der Waals surface area contributed by atoms with Crippen LogP contribution in [0.1, 0.15) is 32.6 Å². The molecule has 116 valence electrons. The van der Waals surface area contributed by atoms with Crippen molar-refractivity contribution in [3.63, 3.8) is 0 Å². The quantitative estimate of drug-likeness (QED) is 0.865. The first-order chi connectivity index (χ1) is 10.2. The van der Waals surface area contributed by atoms with Gasteiger partial charge < -0.3 is 15.4 Å². The summed E-state index contributed by atoms with van der Waals surface area (Å²) in [6, 6.07) is 7.59. The zero-order valence-corrected chi connectivity index (χ0v) is 13.2. The Labute approximate surface area is 127 Å². The highest BCUT2D eigenvalue weighted by Gasteiger charge is 2.34. The topological polar surface area (TPSA) is 41.7 Å². The highest BCUT2D eigenvalue weighted by atomic mass is 16.5. The Kier molecular flexibility index (Phi) is 4.24. The van der Waals surface area contributed by atoms with Gasteiger partial charge >= 0.3 is 0 Å². The van der Waals surface area contributed by atoms with Gasteiger partial charge in [-0.05, 0) is 38.8 Å². The first kappa shape index (κ1) is 14.5. The summed E-state index contributed by atoms with van der Waals surface area (Å²) in [6.07, 6.45) is 4.94. The molecule has 0 spiro atoms. The number of likely N-dealkylation sites (N-methyl/N-ethyl adjacent to an activating group) is 1. The number of fused-ring (bicyclic) bond motifs is 2. The Hall–Kier alpha value is -1.42. The fourth-order valence-corrected chi connectivity index (χ4v) is 3.63. The van der Waals surface area contributed by atoms with Gasteiger partial charge in [0.05, 0.1) is 6.61 Å². The second kappa shape index (κ2) is 6.14. The summed E-state index contributed by atoms with van der Waals surface area (Å²) in [6.45, 7) is 5.08. The fraction of sp³-hybridized carbons (Fsp3) is 0.647. The minimum absolute atomic E-state index is 0.680. The van der Waals surface area contributed by atoms with E-state index in [9.17, 15) is 0 Å². The van der Waals surface area contributed by atoms with E-state index in [0.717, 1.165) is 43.6 Å². The molecule has 0 aromatic heterocycles. The molecule has 2 N–H and O–H groups in total. The largest absolute Gasteiger partial charge is 0.493 e. The van der Waals surface area contributed by atoms with E-state index in [2.05, 4.69) is 35.9 Å². The van der Waals surface area contributed by atoms with Gasteiger partial charge in [-0.15, -0.1) is 0 Å². The molecule has 2 atom stereocenters. The van der Waals surface area contributed by atoms with Crippen LogP contribution in [0.2, 0.25) is 0 Å². The Morgan fingerprint density at radius 3 is 2.81 bits per heavy atom. The molecule has 2 fully saturated rings. The van der Waals surface area contributed by atoms with Crippen LogP contribution in [0.5, 0.6) is 5.75 Å². The lowest BCUT2D eigenvalue weighted by atomic mass is 10.1. The van der Waals surface area contributed by atoms with E-state index in [0.29, 0.717) is 6.04 Å². The molecule has 3 rings (SSSR count). The molecule has 1 aromatic rings. The van der Waals surface area contributed by atoms with Gasteiger partial charge in [-0.25, -0.2) is 0 Å². The number of hydrogen-bond donors (Lipinski definition) is 1. The van der Waals surface area contributed by atoms with Crippen molar-refractivity contribution in [2.24, 2.45) is 0 Å². The zero-order valence-electron chi connectivity index (χ0n) is 13.2. The molecule has 0 radical (unpaired) electrons. The van der Waals surface area contributed by atoms with Crippen LogP contribution in [0.3, 0.4) is 0 Å². The molecule has 0 aliphatic carbocycles. The second-order valence-corrected chi connectivity index (χ2v) is 6.39. The van der Waals surface area contributed by atoms with Gasteiger partial charge in [0.2, 0.25) is 0 Å². The van der Waals surface area contributed by atoms with E-state index in [4.69, 9.17) is 10.5 Å². The van der Waals surface area contributed by atoms with Crippen molar-refractivity contribution in [2.75, 3.05) is 37.4 Å². The number of nitrogens with zero attached hydrogens (tertiary/aromatic N) is 2. The highest BCUT2D eigenvalue weighted by Crippen LogP contribution is 2.33. The van der Waals surface area contributed by atoms with E-state index < -0.39 is 0 Å². The van der Waals surface area contributed by atoms with Crippen molar-refractivity contribution >= 4 is 11.4 Å². The molecule has 0 amide bonds. The van der Waals surface area contributed by atoms with Gasteiger partial charge in [0, 0.05) is 48.7 Å². The Bertz CT molecular complexity index is 491. The van der Waals surface area contributed by atoms with Crippen LogP contribution in [-0.4, -0.2) is 43.7 Å². The summed E-state index contributed by atoms with van der Waals surface area (Å²) in [5.74, 6) is 0.898. The van der Waals surface area contributed by atoms with E-state index >= 15 is 0 Å². The monoisotopic (exact) mass is 289 g/mol. The Balaban J connectivity index is 1.78. The molecule has 2 saturated heterocycles. The van der Waals surface area contributed by atoms with Crippen LogP contribution in [0.25, 0.3) is 0 Å². The van der Waals surface area contributed by atoms with Crippen molar-refractivity contribution in [3.05, 3.63) is 18.2 Å². The molecule has 4 nitrogen and oxygen atoms in total. The number of ether oxygens (including phenoxy) is 1. The third-order valence-electron chi connectivity index (χ3n) is 4.90. The summed E-state index contributed by atoms with van der Waals surface area (Å²) in [5, 5.41) is 0. The van der Waals surface area contributed by atoms with Gasteiger partial charge in [0.25, 0.3) is 0 Å². The number of anilines is 2. The second-order valence-electron chi connectivity index (χ2n) is 6.39. The Morgan fingerprint density at radius 1 is 1.19 bits per heavy atom. The van der Waals surface area contributed by atoms with Crippen LogP contribution in [0.15, 0.2) is 18.2 Å².